The Balaban J connectivity index is 1.64. The van der Waals surface area contributed by atoms with Crippen molar-refractivity contribution >= 4 is 5.96 Å². The first-order chi connectivity index (χ1) is 13.0. The van der Waals surface area contributed by atoms with Gasteiger partial charge in [0.2, 0.25) is 0 Å². The van der Waals surface area contributed by atoms with E-state index in [1.165, 1.54) is 5.56 Å². The summed E-state index contributed by atoms with van der Waals surface area (Å²) < 4.78 is 11.1. The van der Waals surface area contributed by atoms with Crippen molar-refractivity contribution in [3.05, 3.63) is 35.9 Å². The molecule has 0 aliphatic carbocycles. The molecule has 0 amide bonds. The van der Waals surface area contributed by atoms with Crippen molar-refractivity contribution < 1.29 is 9.47 Å². The van der Waals surface area contributed by atoms with E-state index in [4.69, 9.17) is 9.47 Å². The fourth-order valence-electron chi connectivity index (χ4n) is 3.16. The molecule has 3 N–H and O–H groups in total. The van der Waals surface area contributed by atoms with E-state index in [0.717, 1.165) is 51.7 Å². The van der Waals surface area contributed by atoms with Gasteiger partial charge in [-0.1, -0.05) is 30.3 Å². The van der Waals surface area contributed by atoms with E-state index in [-0.39, 0.29) is 17.7 Å². The maximum atomic E-state index is 5.78. The van der Waals surface area contributed by atoms with Crippen LogP contribution in [-0.4, -0.2) is 57.6 Å². The molecule has 2 rings (SSSR count). The quantitative estimate of drug-likeness (QED) is 0.333. The third-order valence-corrected chi connectivity index (χ3v) is 4.68. The normalized spacial score (nSPS) is 19.1. The van der Waals surface area contributed by atoms with Crippen LogP contribution < -0.4 is 16.0 Å². The van der Waals surface area contributed by atoms with Crippen LogP contribution in [-0.2, 0) is 9.47 Å². The van der Waals surface area contributed by atoms with Gasteiger partial charge in [-0.25, -0.2) is 0 Å². The van der Waals surface area contributed by atoms with Crippen molar-refractivity contribution in [2.75, 3.05) is 40.0 Å². The van der Waals surface area contributed by atoms with Gasteiger partial charge in [0.1, 0.15) is 0 Å². The number of aliphatic imine (C=N–C) groups is 1. The van der Waals surface area contributed by atoms with Gasteiger partial charge in [-0.05, 0) is 39.2 Å². The maximum Gasteiger partial charge on any atom is 0.191 e. The molecule has 1 aliphatic heterocycles. The lowest BCUT2D eigenvalue weighted by Gasteiger charge is -2.31. The number of hydrogen-bond acceptors (Lipinski definition) is 4. The topological polar surface area (TPSA) is 66.9 Å². The summed E-state index contributed by atoms with van der Waals surface area (Å²) in [6.07, 6.45) is 2.24. The molecule has 0 radical (unpaired) electrons. The molecule has 2 atom stereocenters. The summed E-state index contributed by atoms with van der Waals surface area (Å²) in [5, 5.41) is 10.4. The van der Waals surface area contributed by atoms with Crippen molar-refractivity contribution in [2.45, 2.75) is 51.3 Å². The van der Waals surface area contributed by atoms with Crippen LogP contribution in [0.5, 0.6) is 0 Å². The van der Waals surface area contributed by atoms with Gasteiger partial charge in [0.15, 0.2) is 5.96 Å². The van der Waals surface area contributed by atoms with Crippen LogP contribution in [0.1, 0.15) is 45.2 Å². The van der Waals surface area contributed by atoms with Crippen molar-refractivity contribution in [2.24, 2.45) is 4.99 Å². The average molecular weight is 377 g/mol. The molecule has 1 fully saturated rings. The number of rotatable bonds is 10. The molecule has 0 spiro atoms. The summed E-state index contributed by atoms with van der Waals surface area (Å²) in [5.41, 5.74) is 1.22. The van der Waals surface area contributed by atoms with Gasteiger partial charge in [-0.15, -0.1) is 0 Å². The molecular formula is C21H36N4O2. The zero-order chi connectivity index (χ0) is 19.5. The number of hydrogen-bond donors (Lipinski definition) is 3. The Kier molecular flexibility index (Phi) is 9.04. The van der Waals surface area contributed by atoms with Gasteiger partial charge in [0, 0.05) is 44.9 Å². The van der Waals surface area contributed by atoms with Crippen LogP contribution >= 0.6 is 0 Å². The second-order valence-electron chi connectivity index (χ2n) is 7.72. The minimum absolute atomic E-state index is 0.0710. The predicted molar refractivity (Wildman–Crippen MR) is 111 cm³/mol. The second-order valence-corrected chi connectivity index (χ2v) is 7.72. The first kappa shape index (κ1) is 21.7. The lowest BCUT2D eigenvalue weighted by Crippen LogP contribution is -2.52. The van der Waals surface area contributed by atoms with Crippen molar-refractivity contribution in [3.8, 4) is 0 Å². The van der Waals surface area contributed by atoms with Crippen LogP contribution in [0.4, 0.5) is 0 Å². The highest BCUT2D eigenvalue weighted by Crippen LogP contribution is 2.15. The molecule has 0 bridgehead atoms. The average Bonchev–Trinajstić information content (AvgIpc) is 3.18. The molecule has 6 heteroatoms. The van der Waals surface area contributed by atoms with Crippen molar-refractivity contribution in [1.29, 1.82) is 0 Å². The van der Waals surface area contributed by atoms with Gasteiger partial charge in [-0.3, -0.25) is 4.99 Å². The Hall–Kier alpha value is -1.63. The molecule has 1 aliphatic rings. The number of guanidine groups is 1. The maximum absolute atomic E-state index is 5.78. The molecule has 1 saturated heterocycles. The molecule has 27 heavy (non-hydrogen) atoms. The first-order valence-corrected chi connectivity index (χ1v) is 9.97. The van der Waals surface area contributed by atoms with Crippen LogP contribution in [0.25, 0.3) is 0 Å². The Labute approximate surface area is 164 Å². The Morgan fingerprint density at radius 2 is 2.07 bits per heavy atom. The van der Waals surface area contributed by atoms with Crippen LogP contribution in [0.15, 0.2) is 35.3 Å². The predicted octanol–water partition coefficient (Wildman–Crippen LogP) is 2.48. The number of ether oxygens (including phenoxy) is 2. The summed E-state index contributed by atoms with van der Waals surface area (Å²) in [6, 6.07) is 10.8. The second kappa shape index (κ2) is 11.3. The van der Waals surface area contributed by atoms with Gasteiger partial charge in [-0.2, -0.15) is 0 Å². The van der Waals surface area contributed by atoms with Gasteiger partial charge < -0.3 is 25.4 Å². The number of nitrogens with zero attached hydrogens (tertiary/aromatic N) is 1. The van der Waals surface area contributed by atoms with E-state index >= 15 is 0 Å². The molecular weight excluding hydrogens is 340 g/mol. The molecule has 1 aromatic carbocycles. The van der Waals surface area contributed by atoms with Crippen LogP contribution in [0.3, 0.4) is 0 Å². The fourth-order valence-corrected chi connectivity index (χ4v) is 3.16. The third-order valence-electron chi connectivity index (χ3n) is 4.68. The Bertz CT molecular complexity index is 557. The summed E-state index contributed by atoms with van der Waals surface area (Å²) in [4.78, 5) is 4.31. The van der Waals surface area contributed by atoms with Crippen molar-refractivity contribution in [3.63, 3.8) is 0 Å². The molecule has 2 unspecified atom stereocenters. The van der Waals surface area contributed by atoms with E-state index in [1.54, 1.807) is 7.05 Å². The Morgan fingerprint density at radius 1 is 1.30 bits per heavy atom. The van der Waals surface area contributed by atoms with Crippen molar-refractivity contribution in [1.82, 2.24) is 16.0 Å². The standard InChI is InChI=1S/C21H36N4O2/c1-17(18-9-6-5-7-10-18)25-21(2,3)16-24-20(22-4)23-12-8-13-27-19-11-14-26-15-19/h5-7,9-10,17,19,25H,8,11-16H2,1-4H3,(H2,22,23,24). The van der Waals surface area contributed by atoms with Gasteiger partial charge in [0.25, 0.3) is 0 Å². The first-order valence-electron chi connectivity index (χ1n) is 9.97. The number of benzene rings is 1. The largest absolute Gasteiger partial charge is 0.379 e. The summed E-state index contributed by atoms with van der Waals surface area (Å²) in [6.45, 7) is 10.5. The van der Waals surface area contributed by atoms with Gasteiger partial charge >= 0.3 is 0 Å². The SMILES string of the molecule is CN=C(NCCCOC1CCOC1)NCC(C)(C)NC(C)c1ccccc1. The molecule has 1 heterocycles. The summed E-state index contributed by atoms with van der Waals surface area (Å²) >= 11 is 0. The van der Waals surface area contributed by atoms with Gasteiger partial charge in [0.05, 0.1) is 12.7 Å². The van der Waals surface area contributed by atoms with E-state index in [0.29, 0.717) is 0 Å². The van der Waals surface area contributed by atoms with Crippen LogP contribution in [0.2, 0.25) is 0 Å². The summed E-state index contributed by atoms with van der Waals surface area (Å²) in [5.74, 6) is 0.821. The Morgan fingerprint density at radius 3 is 2.74 bits per heavy atom. The molecule has 1 aromatic rings. The highest BCUT2D eigenvalue weighted by atomic mass is 16.5. The highest BCUT2D eigenvalue weighted by Gasteiger charge is 2.21. The van der Waals surface area contributed by atoms with E-state index in [1.807, 2.05) is 6.07 Å². The summed E-state index contributed by atoms with van der Waals surface area (Å²) in [7, 11) is 1.80. The third kappa shape index (κ3) is 8.28. The van der Waals surface area contributed by atoms with E-state index < -0.39 is 0 Å². The minimum Gasteiger partial charge on any atom is -0.379 e. The number of nitrogens with one attached hydrogen (secondary N) is 3. The molecule has 6 nitrogen and oxygen atoms in total. The fraction of sp³-hybridized carbons (Fsp3) is 0.667. The zero-order valence-corrected chi connectivity index (χ0v) is 17.3. The van der Waals surface area contributed by atoms with Crippen LogP contribution in [0, 0.1) is 0 Å². The molecule has 0 aromatic heterocycles. The minimum atomic E-state index is -0.0710. The van der Waals surface area contributed by atoms with E-state index in [9.17, 15) is 0 Å². The van der Waals surface area contributed by atoms with E-state index in [2.05, 4.69) is 66.0 Å². The lowest BCUT2D eigenvalue weighted by molar-refractivity contribution is 0.0420. The highest BCUT2D eigenvalue weighted by molar-refractivity contribution is 5.79. The zero-order valence-electron chi connectivity index (χ0n) is 17.3. The lowest BCUT2D eigenvalue weighted by atomic mass is 10.0. The monoisotopic (exact) mass is 376 g/mol. The molecule has 0 saturated carbocycles. The smallest absolute Gasteiger partial charge is 0.191 e. The molecule has 152 valence electrons.